The van der Waals surface area contributed by atoms with Crippen LogP contribution in [0.15, 0.2) is 24.3 Å². The Morgan fingerprint density at radius 2 is 1.89 bits per heavy atom. The maximum absolute atomic E-state index is 12.9. The van der Waals surface area contributed by atoms with Crippen LogP contribution in [0, 0.1) is 0 Å². The second-order valence-corrected chi connectivity index (χ2v) is 9.57. The first-order valence-corrected chi connectivity index (χ1v) is 11.6. The maximum atomic E-state index is 12.9. The number of hydrogen-bond acceptors (Lipinski definition) is 4. The van der Waals surface area contributed by atoms with Gasteiger partial charge in [-0.05, 0) is 24.5 Å². The van der Waals surface area contributed by atoms with Gasteiger partial charge in [0.05, 0.1) is 19.3 Å². The van der Waals surface area contributed by atoms with E-state index in [1.54, 1.807) is 7.05 Å². The summed E-state index contributed by atoms with van der Waals surface area (Å²) < 4.78 is 35.6. The Balaban J connectivity index is 1.72. The number of hydrogen-bond donors (Lipinski definition) is 1. The summed E-state index contributed by atoms with van der Waals surface area (Å²) in [7, 11) is -1.84. The lowest BCUT2D eigenvalue weighted by Gasteiger charge is -2.36. The third-order valence-electron chi connectivity index (χ3n) is 5.68. The molecule has 1 saturated carbocycles. The molecule has 8 heteroatoms. The maximum Gasteiger partial charge on any atom is 0.279 e. The van der Waals surface area contributed by atoms with Crippen LogP contribution < -0.4 is 4.72 Å². The standard InChI is InChI=1S/C19H30ClN3O3S/c1-22(16-7-3-2-4-8-16)27(24,25)21-15-19(23-11-13-26-14-12-23)17-9-5-6-10-18(17)20/h5-6,9-10,16,19,21H,2-4,7-8,11-15H2,1H3. The molecule has 6 nitrogen and oxygen atoms in total. The summed E-state index contributed by atoms with van der Waals surface area (Å²) in [5.74, 6) is 0. The van der Waals surface area contributed by atoms with Crippen molar-refractivity contribution < 1.29 is 13.2 Å². The lowest BCUT2D eigenvalue weighted by molar-refractivity contribution is 0.0171. The summed E-state index contributed by atoms with van der Waals surface area (Å²) in [6, 6.07) is 7.64. The van der Waals surface area contributed by atoms with Gasteiger partial charge in [0.25, 0.3) is 10.2 Å². The van der Waals surface area contributed by atoms with E-state index in [2.05, 4.69) is 9.62 Å². The van der Waals surface area contributed by atoms with Gasteiger partial charge in [-0.15, -0.1) is 0 Å². The van der Waals surface area contributed by atoms with Gasteiger partial charge in [0.15, 0.2) is 0 Å². The highest BCUT2D eigenvalue weighted by molar-refractivity contribution is 7.87. The molecule has 1 saturated heterocycles. The summed E-state index contributed by atoms with van der Waals surface area (Å²) >= 11 is 6.43. The second-order valence-electron chi connectivity index (χ2n) is 7.35. The predicted octanol–water partition coefficient (Wildman–Crippen LogP) is 2.81. The molecule has 0 aromatic heterocycles. The van der Waals surface area contributed by atoms with Crippen molar-refractivity contribution in [3.05, 3.63) is 34.9 Å². The van der Waals surface area contributed by atoms with Crippen LogP contribution in [0.4, 0.5) is 0 Å². The molecule has 2 aliphatic rings. The summed E-state index contributed by atoms with van der Waals surface area (Å²) in [5, 5.41) is 0.661. The Labute approximate surface area is 168 Å². The van der Waals surface area contributed by atoms with Gasteiger partial charge >= 0.3 is 0 Å². The topological polar surface area (TPSA) is 61.9 Å². The molecule has 0 bridgehead atoms. The summed E-state index contributed by atoms with van der Waals surface area (Å²) in [6.45, 7) is 3.11. The molecule has 1 N–H and O–H groups in total. The van der Waals surface area contributed by atoms with Crippen LogP contribution in [0.25, 0.3) is 0 Å². The average molecular weight is 416 g/mol. The molecule has 0 spiro atoms. The van der Waals surface area contributed by atoms with E-state index in [4.69, 9.17) is 16.3 Å². The van der Waals surface area contributed by atoms with Crippen molar-refractivity contribution in [3.8, 4) is 0 Å². The van der Waals surface area contributed by atoms with E-state index in [0.29, 0.717) is 24.8 Å². The van der Waals surface area contributed by atoms with E-state index < -0.39 is 10.2 Å². The fourth-order valence-corrected chi connectivity index (χ4v) is 5.43. The fourth-order valence-electron chi connectivity index (χ4n) is 4.00. The molecule has 0 radical (unpaired) electrons. The van der Waals surface area contributed by atoms with E-state index in [1.165, 1.54) is 10.7 Å². The molecular formula is C19H30ClN3O3S. The monoisotopic (exact) mass is 415 g/mol. The molecule has 1 aromatic rings. The van der Waals surface area contributed by atoms with Crippen molar-refractivity contribution >= 4 is 21.8 Å². The fraction of sp³-hybridized carbons (Fsp3) is 0.684. The van der Waals surface area contributed by atoms with Crippen LogP contribution in [-0.4, -0.2) is 63.6 Å². The Hall–Kier alpha value is -0.700. The zero-order valence-corrected chi connectivity index (χ0v) is 17.5. The van der Waals surface area contributed by atoms with Crippen molar-refractivity contribution in [2.24, 2.45) is 0 Å². The molecule has 1 aliphatic carbocycles. The van der Waals surface area contributed by atoms with Gasteiger partial charge in [0.1, 0.15) is 0 Å². The lowest BCUT2D eigenvalue weighted by Crippen LogP contribution is -2.48. The van der Waals surface area contributed by atoms with E-state index in [0.717, 1.165) is 44.3 Å². The number of nitrogens with one attached hydrogen (secondary N) is 1. The third-order valence-corrected chi connectivity index (χ3v) is 7.61. The minimum Gasteiger partial charge on any atom is -0.379 e. The molecule has 0 amide bonds. The smallest absolute Gasteiger partial charge is 0.279 e. The van der Waals surface area contributed by atoms with Gasteiger partial charge in [-0.2, -0.15) is 12.7 Å². The lowest BCUT2D eigenvalue weighted by atomic mass is 9.96. The van der Waals surface area contributed by atoms with Crippen molar-refractivity contribution in [2.75, 3.05) is 39.9 Å². The van der Waals surface area contributed by atoms with Gasteiger partial charge < -0.3 is 4.74 Å². The quantitative estimate of drug-likeness (QED) is 0.743. The van der Waals surface area contributed by atoms with Gasteiger partial charge in [-0.1, -0.05) is 49.1 Å². The summed E-state index contributed by atoms with van der Waals surface area (Å²) in [4.78, 5) is 2.24. The predicted molar refractivity (Wildman–Crippen MR) is 108 cm³/mol. The molecule has 1 heterocycles. The highest BCUT2D eigenvalue weighted by Crippen LogP contribution is 2.28. The number of nitrogens with zero attached hydrogens (tertiary/aromatic N) is 2. The Morgan fingerprint density at radius 3 is 2.56 bits per heavy atom. The van der Waals surface area contributed by atoms with Gasteiger partial charge in [0.2, 0.25) is 0 Å². The summed E-state index contributed by atoms with van der Waals surface area (Å²) in [5.41, 5.74) is 0.948. The van der Waals surface area contributed by atoms with Gasteiger partial charge in [0, 0.05) is 37.7 Å². The Morgan fingerprint density at radius 1 is 1.22 bits per heavy atom. The van der Waals surface area contributed by atoms with Crippen molar-refractivity contribution in [1.82, 2.24) is 13.9 Å². The van der Waals surface area contributed by atoms with E-state index in [1.807, 2.05) is 24.3 Å². The number of ether oxygens (including phenoxy) is 1. The van der Waals surface area contributed by atoms with Crippen LogP contribution in [0.5, 0.6) is 0 Å². The van der Waals surface area contributed by atoms with Gasteiger partial charge in [-0.25, -0.2) is 4.72 Å². The van der Waals surface area contributed by atoms with Crippen LogP contribution in [0.1, 0.15) is 43.7 Å². The molecule has 1 aromatic carbocycles. The minimum absolute atomic E-state index is 0.0957. The van der Waals surface area contributed by atoms with E-state index in [-0.39, 0.29) is 12.1 Å². The molecule has 152 valence electrons. The minimum atomic E-state index is -3.53. The first-order valence-electron chi connectivity index (χ1n) is 9.78. The second kappa shape index (κ2) is 9.67. The van der Waals surface area contributed by atoms with Crippen molar-refractivity contribution in [3.63, 3.8) is 0 Å². The van der Waals surface area contributed by atoms with E-state index in [9.17, 15) is 8.42 Å². The van der Waals surface area contributed by atoms with E-state index >= 15 is 0 Å². The largest absolute Gasteiger partial charge is 0.379 e. The Kier molecular flexibility index (Phi) is 7.53. The zero-order chi connectivity index (χ0) is 19.3. The molecule has 1 unspecified atom stereocenters. The van der Waals surface area contributed by atoms with Crippen LogP contribution >= 0.6 is 11.6 Å². The normalized spacial score (nSPS) is 21.4. The zero-order valence-electron chi connectivity index (χ0n) is 15.9. The number of halogens is 1. The van der Waals surface area contributed by atoms with Crippen LogP contribution in [0.3, 0.4) is 0 Å². The summed E-state index contributed by atoms with van der Waals surface area (Å²) in [6.07, 6.45) is 5.27. The highest BCUT2D eigenvalue weighted by Gasteiger charge is 2.30. The third kappa shape index (κ3) is 5.43. The van der Waals surface area contributed by atoms with Crippen molar-refractivity contribution in [1.29, 1.82) is 0 Å². The first kappa shape index (κ1) is 21.0. The molecule has 1 atom stereocenters. The first-order chi connectivity index (χ1) is 13.0. The molecular weight excluding hydrogens is 386 g/mol. The molecule has 1 aliphatic heterocycles. The van der Waals surface area contributed by atoms with Crippen LogP contribution in [0.2, 0.25) is 5.02 Å². The number of benzene rings is 1. The Bertz CT molecular complexity index is 704. The molecule has 27 heavy (non-hydrogen) atoms. The number of morpholine rings is 1. The number of rotatable bonds is 7. The average Bonchev–Trinajstić information content (AvgIpc) is 2.70. The molecule has 3 rings (SSSR count). The SMILES string of the molecule is CN(C1CCCCC1)S(=O)(=O)NCC(c1ccccc1Cl)N1CCOCC1. The highest BCUT2D eigenvalue weighted by atomic mass is 35.5. The molecule has 2 fully saturated rings. The van der Waals surface area contributed by atoms with Gasteiger partial charge in [-0.3, -0.25) is 4.90 Å². The van der Waals surface area contributed by atoms with Crippen LogP contribution in [-0.2, 0) is 14.9 Å². The van der Waals surface area contributed by atoms with Crippen molar-refractivity contribution in [2.45, 2.75) is 44.2 Å².